The summed E-state index contributed by atoms with van der Waals surface area (Å²) in [4.78, 5) is 43.1. The molecule has 220 valence electrons. The van der Waals surface area contributed by atoms with Crippen LogP contribution in [0.2, 0.25) is 0 Å². The van der Waals surface area contributed by atoms with Gasteiger partial charge in [0.25, 0.3) is 0 Å². The molecule has 2 aromatic carbocycles. The zero-order valence-corrected chi connectivity index (χ0v) is 25.7. The van der Waals surface area contributed by atoms with E-state index in [0.717, 1.165) is 22.3 Å². The second-order valence-corrected chi connectivity index (χ2v) is 12.4. The number of benzene rings is 2. The zero-order valence-electron chi connectivity index (χ0n) is 25.7. The number of phenols is 1. The first-order valence-electron chi connectivity index (χ1n) is 13.9. The lowest BCUT2D eigenvalue weighted by Crippen LogP contribution is -2.60. The Bertz CT molecular complexity index is 1180. The molecule has 2 unspecified atom stereocenters. The molecule has 0 aliphatic rings. The molecule has 0 aliphatic carbocycles. The van der Waals surface area contributed by atoms with E-state index in [0.29, 0.717) is 6.42 Å². The number of amides is 3. The maximum Gasteiger partial charge on any atom is 0.408 e. The Hall–Kier alpha value is -3.55. The minimum atomic E-state index is -1.04. The van der Waals surface area contributed by atoms with Crippen molar-refractivity contribution >= 4 is 17.9 Å². The Labute approximate surface area is 239 Å². The van der Waals surface area contributed by atoms with Gasteiger partial charge in [-0.2, -0.15) is 0 Å². The van der Waals surface area contributed by atoms with Gasteiger partial charge >= 0.3 is 6.09 Å². The molecule has 0 aliphatic heterocycles. The summed E-state index contributed by atoms with van der Waals surface area (Å²) >= 11 is 0. The van der Waals surface area contributed by atoms with Crippen LogP contribution in [0.15, 0.2) is 42.5 Å². The van der Waals surface area contributed by atoms with E-state index in [2.05, 4.69) is 10.6 Å². The van der Waals surface area contributed by atoms with Gasteiger partial charge in [-0.25, -0.2) is 4.79 Å². The molecule has 0 heterocycles. The number of nitrogens with one attached hydrogen (secondary N) is 2. The quantitative estimate of drug-likeness (QED) is 0.348. The van der Waals surface area contributed by atoms with Gasteiger partial charge in [-0.3, -0.25) is 9.59 Å². The smallest absolute Gasteiger partial charge is 0.408 e. The summed E-state index contributed by atoms with van der Waals surface area (Å²) in [6.07, 6.45) is -0.0263. The number of ether oxygens (including phenoxy) is 1. The van der Waals surface area contributed by atoms with Crippen molar-refractivity contribution in [3.63, 3.8) is 0 Å². The van der Waals surface area contributed by atoms with Crippen LogP contribution in [0.1, 0.15) is 90.1 Å². The number of carbonyl (C=O) groups excluding carboxylic acids is 3. The summed E-state index contributed by atoms with van der Waals surface area (Å²) in [7, 11) is 0. The molecule has 0 spiro atoms. The minimum Gasteiger partial charge on any atom is -0.508 e. The Balaban J connectivity index is 2.70. The van der Waals surface area contributed by atoms with E-state index in [1.807, 2.05) is 66.7 Å². The highest BCUT2D eigenvalue weighted by Gasteiger charge is 2.43. The van der Waals surface area contributed by atoms with Gasteiger partial charge in [-0.1, -0.05) is 42.8 Å². The molecule has 0 fully saturated rings. The highest BCUT2D eigenvalue weighted by atomic mass is 16.6. The van der Waals surface area contributed by atoms with Gasteiger partial charge < -0.3 is 25.4 Å². The first kappa shape index (κ1) is 32.7. The maximum atomic E-state index is 14.6. The first-order chi connectivity index (χ1) is 18.4. The fourth-order valence-electron chi connectivity index (χ4n) is 4.52. The lowest BCUT2D eigenvalue weighted by Gasteiger charge is -2.45. The number of aromatic hydroxyl groups is 1. The summed E-state index contributed by atoms with van der Waals surface area (Å²) in [5.41, 5.74) is 1.88. The highest BCUT2D eigenvalue weighted by Crippen LogP contribution is 2.34. The molecule has 0 saturated heterocycles. The third-order valence-corrected chi connectivity index (χ3v) is 6.78. The van der Waals surface area contributed by atoms with Gasteiger partial charge in [-0.05, 0) is 97.6 Å². The number of hydrogen-bond donors (Lipinski definition) is 3. The third-order valence-electron chi connectivity index (χ3n) is 6.78. The summed E-state index contributed by atoms with van der Waals surface area (Å²) in [5, 5.41) is 15.6. The number of alkyl carbamates (subject to hydrolysis) is 1. The largest absolute Gasteiger partial charge is 0.508 e. The van der Waals surface area contributed by atoms with Crippen molar-refractivity contribution in [2.45, 2.75) is 111 Å². The maximum absolute atomic E-state index is 14.6. The molecule has 0 radical (unpaired) electrons. The summed E-state index contributed by atoms with van der Waals surface area (Å²) in [6.45, 7) is 18.8. The Morgan fingerprint density at radius 1 is 0.950 bits per heavy atom. The van der Waals surface area contributed by atoms with Gasteiger partial charge in [0.1, 0.15) is 23.4 Å². The van der Waals surface area contributed by atoms with Gasteiger partial charge in [0, 0.05) is 18.0 Å². The van der Waals surface area contributed by atoms with Crippen molar-refractivity contribution in [1.29, 1.82) is 0 Å². The topological polar surface area (TPSA) is 108 Å². The molecule has 3 amide bonds. The van der Waals surface area contributed by atoms with E-state index >= 15 is 0 Å². The summed E-state index contributed by atoms with van der Waals surface area (Å²) < 4.78 is 5.50. The number of carbonyl (C=O) groups is 3. The van der Waals surface area contributed by atoms with Crippen LogP contribution in [-0.2, 0) is 20.7 Å². The molecule has 2 atom stereocenters. The predicted molar refractivity (Wildman–Crippen MR) is 158 cm³/mol. The Morgan fingerprint density at radius 2 is 1.55 bits per heavy atom. The van der Waals surface area contributed by atoms with E-state index in [1.165, 1.54) is 12.1 Å². The van der Waals surface area contributed by atoms with Crippen LogP contribution in [0.3, 0.4) is 0 Å². The fraction of sp³-hybridized carbons (Fsp3) is 0.531. The number of phenolic OH excluding ortho intramolecular Hbond substituents is 1. The summed E-state index contributed by atoms with van der Waals surface area (Å²) in [6, 6.07) is 10.2. The van der Waals surface area contributed by atoms with Gasteiger partial charge in [0.2, 0.25) is 11.8 Å². The SMILES string of the molecule is CCC(C)(C)N(C(=O)C(Cc1ccc(O)cc1)NC(=O)OC(C)(C)C)C(C(=O)NC(C)C)c1ccc(C)cc1C. The molecule has 40 heavy (non-hydrogen) atoms. The molecule has 8 nitrogen and oxygen atoms in total. The number of aryl methyl sites for hydroxylation is 2. The van der Waals surface area contributed by atoms with Gasteiger partial charge in [0.05, 0.1) is 0 Å². The lowest BCUT2D eigenvalue weighted by molar-refractivity contribution is -0.149. The van der Waals surface area contributed by atoms with E-state index in [9.17, 15) is 19.5 Å². The number of hydrogen-bond acceptors (Lipinski definition) is 5. The molecule has 0 aromatic heterocycles. The van der Waals surface area contributed by atoms with Crippen LogP contribution in [-0.4, -0.2) is 51.1 Å². The molecule has 2 rings (SSSR count). The number of rotatable bonds is 10. The average molecular weight is 554 g/mol. The van der Waals surface area contributed by atoms with Crippen LogP contribution >= 0.6 is 0 Å². The minimum absolute atomic E-state index is 0.0979. The highest BCUT2D eigenvalue weighted by molar-refractivity contribution is 5.93. The van der Waals surface area contributed by atoms with E-state index in [-0.39, 0.29) is 24.1 Å². The van der Waals surface area contributed by atoms with Crippen LogP contribution in [0.25, 0.3) is 0 Å². The zero-order chi connectivity index (χ0) is 30.4. The lowest BCUT2D eigenvalue weighted by atomic mass is 9.89. The summed E-state index contributed by atoms with van der Waals surface area (Å²) in [5.74, 6) is -0.604. The Kier molecular flexibility index (Phi) is 10.8. The average Bonchev–Trinajstić information content (AvgIpc) is 2.81. The van der Waals surface area contributed by atoms with Crippen molar-refractivity contribution in [2.75, 3.05) is 0 Å². The molecule has 3 N–H and O–H groups in total. The van der Waals surface area contributed by atoms with Gasteiger partial charge in [-0.15, -0.1) is 0 Å². The number of nitrogens with zero attached hydrogens (tertiary/aromatic N) is 1. The molecule has 0 bridgehead atoms. The second kappa shape index (κ2) is 13.2. The Morgan fingerprint density at radius 3 is 2.05 bits per heavy atom. The monoisotopic (exact) mass is 553 g/mol. The van der Waals surface area contributed by atoms with E-state index in [1.54, 1.807) is 37.8 Å². The van der Waals surface area contributed by atoms with Crippen molar-refractivity contribution in [1.82, 2.24) is 15.5 Å². The van der Waals surface area contributed by atoms with Crippen LogP contribution in [0, 0.1) is 13.8 Å². The molecule has 0 saturated carbocycles. The van der Waals surface area contributed by atoms with Crippen molar-refractivity contribution < 1.29 is 24.2 Å². The molecule has 2 aromatic rings. The van der Waals surface area contributed by atoms with E-state index in [4.69, 9.17) is 4.74 Å². The second-order valence-electron chi connectivity index (χ2n) is 12.4. The normalized spacial score (nSPS) is 13.4. The van der Waals surface area contributed by atoms with E-state index < -0.39 is 35.2 Å². The molecular formula is C32H47N3O5. The molecular weight excluding hydrogens is 506 g/mol. The molecule has 8 heteroatoms. The van der Waals surface area contributed by atoms with Crippen molar-refractivity contribution in [3.05, 3.63) is 64.7 Å². The predicted octanol–water partition coefficient (Wildman–Crippen LogP) is 5.73. The van der Waals surface area contributed by atoms with Crippen LogP contribution < -0.4 is 10.6 Å². The van der Waals surface area contributed by atoms with Crippen LogP contribution in [0.4, 0.5) is 4.79 Å². The van der Waals surface area contributed by atoms with Crippen molar-refractivity contribution in [2.24, 2.45) is 0 Å². The fourth-order valence-corrected chi connectivity index (χ4v) is 4.52. The first-order valence-corrected chi connectivity index (χ1v) is 13.9. The third kappa shape index (κ3) is 9.00. The standard InChI is InChI=1S/C32H47N3O5/c1-11-32(9,10)35(27(28(37)33-20(2)3)25-17-12-21(4)18-22(25)5)29(38)26(34-30(39)40-31(6,7)8)19-23-13-15-24(36)16-14-23/h12-18,20,26-27,36H,11,19H2,1-10H3,(H,33,37)(H,34,39). The van der Waals surface area contributed by atoms with Crippen molar-refractivity contribution in [3.8, 4) is 5.75 Å². The van der Waals surface area contributed by atoms with Crippen LogP contribution in [0.5, 0.6) is 5.75 Å². The van der Waals surface area contributed by atoms with Gasteiger partial charge in [0.15, 0.2) is 0 Å².